The summed E-state index contributed by atoms with van der Waals surface area (Å²) in [6.45, 7) is -6.79. The van der Waals surface area contributed by atoms with Crippen molar-refractivity contribution < 1.29 is 51.2 Å². The monoisotopic (exact) mass is 483 g/mol. The highest BCUT2D eigenvalue weighted by molar-refractivity contribution is 6.17. The van der Waals surface area contributed by atoms with Crippen molar-refractivity contribution in [3.8, 4) is 11.5 Å². The van der Waals surface area contributed by atoms with Crippen molar-refractivity contribution in [2.45, 2.75) is 25.9 Å². The first-order valence-corrected chi connectivity index (χ1v) is 9.60. The van der Waals surface area contributed by atoms with Gasteiger partial charge >= 0.3 is 19.2 Å². The SMILES string of the molecule is O=C(O)Cc1ccc(N2C(=O)c3c(c(OC(F)F)c4ccccc4c3OC(F)F)C2O)cc1F. The minimum absolute atomic E-state index is 0.131. The van der Waals surface area contributed by atoms with Gasteiger partial charge in [-0.2, -0.15) is 17.6 Å². The summed E-state index contributed by atoms with van der Waals surface area (Å²) in [5.41, 5.74) is -1.72. The first kappa shape index (κ1) is 23.2. The molecule has 0 saturated carbocycles. The fourth-order valence-corrected chi connectivity index (χ4v) is 3.89. The van der Waals surface area contributed by atoms with Gasteiger partial charge in [-0.15, -0.1) is 0 Å². The minimum Gasteiger partial charge on any atom is -0.481 e. The lowest BCUT2D eigenvalue weighted by molar-refractivity contribution is -0.136. The van der Waals surface area contributed by atoms with Crippen LogP contribution in [-0.4, -0.2) is 35.3 Å². The maximum atomic E-state index is 14.4. The van der Waals surface area contributed by atoms with E-state index in [1.54, 1.807) is 0 Å². The van der Waals surface area contributed by atoms with Gasteiger partial charge in [0.25, 0.3) is 5.91 Å². The lowest BCUT2D eigenvalue weighted by Gasteiger charge is -2.22. The summed E-state index contributed by atoms with van der Waals surface area (Å²) >= 11 is 0. The van der Waals surface area contributed by atoms with Crippen molar-refractivity contribution in [2.75, 3.05) is 4.90 Å². The number of carboxylic acid groups (broad SMARTS) is 1. The summed E-state index contributed by atoms with van der Waals surface area (Å²) in [7, 11) is 0. The number of halogens is 5. The molecule has 4 rings (SSSR count). The van der Waals surface area contributed by atoms with E-state index in [1.807, 2.05) is 0 Å². The molecule has 34 heavy (non-hydrogen) atoms. The van der Waals surface area contributed by atoms with Gasteiger partial charge in [0.1, 0.15) is 17.3 Å². The van der Waals surface area contributed by atoms with Crippen LogP contribution in [-0.2, 0) is 11.2 Å². The molecule has 12 heteroatoms. The molecular weight excluding hydrogens is 469 g/mol. The summed E-state index contributed by atoms with van der Waals surface area (Å²) in [5.74, 6) is -4.78. The van der Waals surface area contributed by atoms with Crippen LogP contribution >= 0.6 is 0 Å². The number of aliphatic hydroxyl groups is 1. The van der Waals surface area contributed by atoms with Crippen LogP contribution in [0.3, 0.4) is 0 Å². The molecule has 0 aliphatic carbocycles. The maximum Gasteiger partial charge on any atom is 0.387 e. The number of alkyl halides is 4. The fourth-order valence-electron chi connectivity index (χ4n) is 3.89. The molecule has 178 valence electrons. The summed E-state index contributed by atoms with van der Waals surface area (Å²) in [5, 5.41) is 19.5. The van der Waals surface area contributed by atoms with Crippen molar-refractivity contribution in [3.63, 3.8) is 0 Å². The second-order valence-corrected chi connectivity index (χ2v) is 7.14. The quantitative estimate of drug-likeness (QED) is 0.482. The van der Waals surface area contributed by atoms with E-state index in [-0.39, 0.29) is 22.0 Å². The van der Waals surface area contributed by atoms with Crippen molar-refractivity contribution in [2.24, 2.45) is 0 Å². The highest BCUT2D eigenvalue weighted by Crippen LogP contribution is 2.50. The van der Waals surface area contributed by atoms with Crippen LogP contribution in [0.5, 0.6) is 11.5 Å². The second-order valence-electron chi connectivity index (χ2n) is 7.14. The summed E-state index contributed by atoms with van der Waals surface area (Å²) in [6, 6.07) is 8.23. The molecule has 1 aliphatic rings. The molecule has 7 nitrogen and oxygen atoms in total. The van der Waals surface area contributed by atoms with Crippen LogP contribution in [0.25, 0.3) is 10.8 Å². The first-order valence-electron chi connectivity index (χ1n) is 9.60. The van der Waals surface area contributed by atoms with Gasteiger partial charge < -0.3 is 19.7 Å². The minimum atomic E-state index is -3.40. The molecule has 1 heterocycles. The molecule has 1 unspecified atom stereocenters. The Morgan fingerprint density at radius 1 is 1.00 bits per heavy atom. The smallest absolute Gasteiger partial charge is 0.387 e. The largest absolute Gasteiger partial charge is 0.481 e. The predicted octanol–water partition coefficient (Wildman–Crippen LogP) is 4.46. The van der Waals surface area contributed by atoms with E-state index >= 15 is 0 Å². The van der Waals surface area contributed by atoms with Gasteiger partial charge in [-0.3, -0.25) is 14.5 Å². The Morgan fingerprint density at radius 2 is 1.59 bits per heavy atom. The van der Waals surface area contributed by atoms with Gasteiger partial charge in [0.15, 0.2) is 6.23 Å². The van der Waals surface area contributed by atoms with E-state index in [2.05, 4.69) is 9.47 Å². The highest BCUT2D eigenvalue weighted by Gasteiger charge is 2.44. The van der Waals surface area contributed by atoms with Crippen LogP contribution in [0.2, 0.25) is 0 Å². The van der Waals surface area contributed by atoms with Gasteiger partial charge in [-0.25, -0.2) is 4.39 Å². The zero-order chi connectivity index (χ0) is 24.7. The van der Waals surface area contributed by atoms with Crippen molar-refractivity contribution in [3.05, 3.63) is 65.0 Å². The molecule has 1 atom stereocenters. The molecule has 3 aromatic rings. The zero-order valence-electron chi connectivity index (χ0n) is 16.8. The Labute approximate surface area is 187 Å². The molecule has 1 amide bonds. The number of carbonyl (C=O) groups is 2. The molecular formula is C22H14F5NO6. The molecule has 0 spiro atoms. The van der Waals surface area contributed by atoms with E-state index < -0.39 is 66.2 Å². The third kappa shape index (κ3) is 3.96. The van der Waals surface area contributed by atoms with E-state index in [0.29, 0.717) is 4.90 Å². The predicted molar refractivity (Wildman–Crippen MR) is 107 cm³/mol. The molecule has 0 aromatic heterocycles. The van der Waals surface area contributed by atoms with E-state index in [9.17, 15) is 36.6 Å². The van der Waals surface area contributed by atoms with Gasteiger partial charge in [0.05, 0.1) is 17.5 Å². The van der Waals surface area contributed by atoms with Gasteiger partial charge in [-0.05, 0) is 17.7 Å². The Hall–Kier alpha value is -3.93. The molecule has 2 N–H and O–H groups in total. The number of hydrogen-bond acceptors (Lipinski definition) is 5. The summed E-state index contributed by atoms with van der Waals surface area (Å²) in [6.07, 6.45) is -2.70. The van der Waals surface area contributed by atoms with Gasteiger partial charge in [0, 0.05) is 16.5 Å². The molecule has 1 aliphatic heterocycles. The van der Waals surface area contributed by atoms with Crippen molar-refractivity contribution in [1.29, 1.82) is 0 Å². The Morgan fingerprint density at radius 3 is 2.15 bits per heavy atom. The number of carbonyl (C=O) groups excluding carboxylic acids is 1. The van der Waals surface area contributed by atoms with Crippen LogP contribution in [0.4, 0.5) is 27.6 Å². The van der Waals surface area contributed by atoms with Gasteiger partial charge in [-0.1, -0.05) is 30.3 Å². The number of rotatable bonds is 7. The number of benzene rings is 3. The number of carboxylic acids is 1. The van der Waals surface area contributed by atoms with E-state index in [1.165, 1.54) is 24.3 Å². The average molecular weight is 483 g/mol. The molecule has 0 fully saturated rings. The number of amides is 1. The molecule has 3 aromatic carbocycles. The lowest BCUT2D eigenvalue weighted by atomic mass is 9.98. The van der Waals surface area contributed by atoms with Crippen LogP contribution < -0.4 is 14.4 Å². The van der Waals surface area contributed by atoms with Gasteiger partial charge in [0.2, 0.25) is 0 Å². The first-order chi connectivity index (χ1) is 16.1. The molecule has 0 radical (unpaired) electrons. The van der Waals surface area contributed by atoms with E-state index in [4.69, 9.17) is 5.11 Å². The Bertz CT molecular complexity index is 1300. The van der Waals surface area contributed by atoms with Crippen LogP contribution in [0.15, 0.2) is 42.5 Å². The van der Waals surface area contributed by atoms with Crippen molar-refractivity contribution in [1.82, 2.24) is 0 Å². The van der Waals surface area contributed by atoms with Crippen molar-refractivity contribution >= 4 is 28.3 Å². The standard InChI is InChI=1S/C22H14F5NO6/c23-13-8-10(6-5-9(13)7-14(29)30)28-19(31)15-16(20(28)32)18(34-22(26)27)12-4-2-1-3-11(12)17(15)33-21(24)25/h1-6,8,19,21-22,31H,7H2,(H,29,30). The number of hydrogen-bond donors (Lipinski definition) is 2. The van der Waals surface area contributed by atoms with E-state index in [0.717, 1.165) is 18.2 Å². The Balaban J connectivity index is 1.94. The lowest BCUT2D eigenvalue weighted by Crippen LogP contribution is -2.28. The number of aliphatic hydroxyl groups excluding tert-OH is 1. The molecule has 0 bridgehead atoms. The number of anilines is 1. The third-order valence-electron chi connectivity index (χ3n) is 5.16. The number of fused-ring (bicyclic) bond motifs is 2. The number of nitrogens with zero attached hydrogens (tertiary/aromatic N) is 1. The average Bonchev–Trinajstić information content (AvgIpc) is 3.01. The molecule has 0 saturated heterocycles. The number of ether oxygens (including phenoxy) is 2. The third-order valence-corrected chi connectivity index (χ3v) is 5.16. The van der Waals surface area contributed by atoms with Crippen LogP contribution in [0.1, 0.15) is 27.7 Å². The number of aliphatic carboxylic acids is 1. The zero-order valence-corrected chi connectivity index (χ0v) is 16.8. The summed E-state index contributed by atoms with van der Waals surface area (Å²) < 4.78 is 76.4. The topological polar surface area (TPSA) is 96.3 Å². The van der Waals surface area contributed by atoms with Crippen LogP contribution in [0, 0.1) is 5.82 Å². The normalized spacial score (nSPS) is 15.4. The highest BCUT2D eigenvalue weighted by atomic mass is 19.3. The Kier molecular flexibility index (Phi) is 6.00. The summed E-state index contributed by atoms with van der Waals surface area (Å²) in [4.78, 5) is 24.7. The fraction of sp³-hybridized carbons (Fsp3) is 0.182. The second kappa shape index (κ2) is 8.78. The maximum absolute atomic E-state index is 14.4.